The van der Waals surface area contributed by atoms with E-state index < -0.39 is 0 Å². The SMILES string of the molecule is CCOc1ccc2nc(NC(=S)NC(=O)CSc3ccc(Cl)cc3)sc2c1. The molecule has 0 saturated heterocycles. The molecule has 3 rings (SSSR count). The predicted molar refractivity (Wildman–Crippen MR) is 117 cm³/mol. The molecule has 2 aromatic carbocycles. The third-order valence-corrected chi connectivity index (χ3v) is 5.73. The van der Waals surface area contributed by atoms with Crippen molar-refractivity contribution in [1.82, 2.24) is 10.3 Å². The maximum Gasteiger partial charge on any atom is 0.236 e. The summed E-state index contributed by atoms with van der Waals surface area (Å²) in [5.74, 6) is 0.864. The molecule has 0 radical (unpaired) electrons. The molecule has 0 aliphatic rings. The molecule has 2 N–H and O–H groups in total. The number of fused-ring (bicyclic) bond motifs is 1. The van der Waals surface area contributed by atoms with Crippen LogP contribution in [-0.2, 0) is 4.79 Å². The first-order chi connectivity index (χ1) is 13.0. The number of hydrogen-bond acceptors (Lipinski definition) is 6. The summed E-state index contributed by atoms with van der Waals surface area (Å²) in [7, 11) is 0. The molecular weight excluding hydrogens is 422 g/mol. The van der Waals surface area contributed by atoms with Crippen molar-refractivity contribution < 1.29 is 9.53 Å². The molecule has 0 unspecified atom stereocenters. The smallest absolute Gasteiger partial charge is 0.236 e. The van der Waals surface area contributed by atoms with Crippen molar-refractivity contribution in [1.29, 1.82) is 0 Å². The number of thioether (sulfide) groups is 1. The van der Waals surface area contributed by atoms with Gasteiger partial charge in [0.2, 0.25) is 5.91 Å². The van der Waals surface area contributed by atoms with Gasteiger partial charge < -0.3 is 15.4 Å². The minimum absolute atomic E-state index is 0.188. The maximum absolute atomic E-state index is 12.1. The van der Waals surface area contributed by atoms with Crippen molar-refractivity contribution in [2.75, 3.05) is 17.7 Å². The van der Waals surface area contributed by atoms with Crippen LogP contribution in [0.2, 0.25) is 5.02 Å². The number of carbonyl (C=O) groups excluding carboxylic acids is 1. The fourth-order valence-electron chi connectivity index (χ4n) is 2.19. The first-order valence-corrected chi connectivity index (χ1v) is 10.6. The molecule has 0 spiro atoms. The summed E-state index contributed by atoms with van der Waals surface area (Å²) in [6.45, 7) is 2.55. The number of benzene rings is 2. The van der Waals surface area contributed by atoms with Crippen LogP contribution in [0, 0.1) is 0 Å². The molecule has 140 valence electrons. The molecule has 9 heteroatoms. The van der Waals surface area contributed by atoms with Crippen molar-refractivity contribution in [3.05, 3.63) is 47.5 Å². The average Bonchev–Trinajstić information content (AvgIpc) is 3.02. The van der Waals surface area contributed by atoms with Crippen LogP contribution in [0.15, 0.2) is 47.4 Å². The van der Waals surface area contributed by atoms with Crippen LogP contribution in [0.4, 0.5) is 5.13 Å². The van der Waals surface area contributed by atoms with Crippen LogP contribution in [0.1, 0.15) is 6.92 Å². The largest absolute Gasteiger partial charge is 0.494 e. The lowest BCUT2D eigenvalue weighted by atomic mass is 10.3. The van der Waals surface area contributed by atoms with E-state index in [1.165, 1.54) is 23.1 Å². The van der Waals surface area contributed by atoms with Gasteiger partial charge in [-0.2, -0.15) is 0 Å². The van der Waals surface area contributed by atoms with E-state index in [1.54, 1.807) is 12.1 Å². The summed E-state index contributed by atoms with van der Waals surface area (Å²) in [4.78, 5) is 17.5. The molecule has 0 atom stereocenters. The summed E-state index contributed by atoms with van der Waals surface area (Å²) in [5, 5.41) is 7.13. The van der Waals surface area contributed by atoms with Crippen LogP contribution >= 0.6 is 46.9 Å². The lowest BCUT2D eigenvalue weighted by Gasteiger charge is -2.07. The van der Waals surface area contributed by atoms with Crippen LogP contribution in [0.5, 0.6) is 5.75 Å². The van der Waals surface area contributed by atoms with Gasteiger partial charge in [0.05, 0.1) is 22.6 Å². The normalized spacial score (nSPS) is 10.6. The van der Waals surface area contributed by atoms with Gasteiger partial charge in [0.15, 0.2) is 10.2 Å². The third-order valence-electron chi connectivity index (χ3n) is 3.33. The lowest BCUT2D eigenvalue weighted by Crippen LogP contribution is -2.35. The number of thiocarbonyl (C=S) groups is 1. The van der Waals surface area contributed by atoms with E-state index in [1.807, 2.05) is 37.3 Å². The number of amides is 1. The number of aromatic nitrogens is 1. The molecule has 27 heavy (non-hydrogen) atoms. The van der Waals surface area contributed by atoms with Crippen LogP contribution in [0.25, 0.3) is 10.2 Å². The standard InChI is InChI=1S/C18H16ClN3O2S3/c1-2-24-12-5-8-14-15(9-12)27-18(20-14)22-17(25)21-16(23)10-26-13-6-3-11(19)4-7-13/h3-9H,2,10H2,1H3,(H2,20,21,22,23,25). The molecule has 0 saturated carbocycles. The highest BCUT2D eigenvalue weighted by molar-refractivity contribution is 8.00. The van der Waals surface area contributed by atoms with E-state index in [2.05, 4.69) is 15.6 Å². The molecular formula is C18H16ClN3O2S3. The van der Waals surface area contributed by atoms with Gasteiger partial charge in [0, 0.05) is 9.92 Å². The van der Waals surface area contributed by atoms with Crippen molar-refractivity contribution >= 4 is 73.3 Å². The van der Waals surface area contributed by atoms with Gasteiger partial charge in [-0.15, -0.1) is 11.8 Å². The summed E-state index contributed by atoms with van der Waals surface area (Å²) in [6.07, 6.45) is 0. The Balaban J connectivity index is 1.52. The van der Waals surface area contributed by atoms with Crippen LogP contribution in [0.3, 0.4) is 0 Å². The summed E-state index contributed by atoms with van der Waals surface area (Å²) in [5.41, 5.74) is 0.846. The average molecular weight is 438 g/mol. The Morgan fingerprint density at radius 2 is 2.07 bits per heavy atom. The van der Waals surface area contributed by atoms with E-state index in [4.69, 9.17) is 28.6 Å². The number of rotatable bonds is 6. The number of hydrogen-bond donors (Lipinski definition) is 2. The molecule has 0 bridgehead atoms. The second-order valence-electron chi connectivity index (χ2n) is 5.33. The minimum Gasteiger partial charge on any atom is -0.494 e. The quantitative estimate of drug-likeness (QED) is 0.420. The van der Waals surface area contributed by atoms with Crippen molar-refractivity contribution in [3.63, 3.8) is 0 Å². The molecule has 1 heterocycles. The lowest BCUT2D eigenvalue weighted by molar-refractivity contribution is -0.117. The molecule has 0 fully saturated rings. The molecule has 1 amide bonds. The number of halogens is 1. The second-order valence-corrected chi connectivity index (χ2v) is 8.25. The van der Waals surface area contributed by atoms with Crippen molar-refractivity contribution in [2.45, 2.75) is 11.8 Å². The molecule has 3 aromatic rings. The Bertz CT molecular complexity index is 960. The van der Waals surface area contributed by atoms with E-state index in [0.717, 1.165) is 20.9 Å². The number of anilines is 1. The van der Waals surface area contributed by atoms with Gasteiger partial charge in [-0.25, -0.2) is 4.98 Å². The topological polar surface area (TPSA) is 63.2 Å². The van der Waals surface area contributed by atoms with Crippen LogP contribution in [-0.4, -0.2) is 28.4 Å². The Kier molecular flexibility index (Phi) is 6.89. The zero-order valence-electron chi connectivity index (χ0n) is 14.3. The molecule has 1 aromatic heterocycles. The Morgan fingerprint density at radius 3 is 2.81 bits per heavy atom. The first-order valence-electron chi connectivity index (χ1n) is 8.06. The summed E-state index contributed by atoms with van der Waals surface area (Å²) < 4.78 is 6.48. The minimum atomic E-state index is -0.188. The number of carbonyl (C=O) groups is 1. The molecule has 5 nitrogen and oxygen atoms in total. The van der Waals surface area contributed by atoms with Gasteiger partial charge in [0.1, 0.15) is 5.75 Å². The van der Waals surface area contributed by atoms with Crippen LogP contribution < -0.4 is 15.4 Å². The Labute approximate surface area is 175 Å². The fourth-order valence-corrected chi connectivity index (χ4v) is 4.18. The highest BCUT2D eigenvalue weighted by Gasteiger charge is 2.10. The van der Waals surface area contributed by atoms with E-state index in [-0.39, 0.29) is 16.8 Å². The Hall–Kier alpha value is -1.87. The highest BCUT2D eigenvalue weighted by Crippen LogP contribution is 2.29. The third kappa shape index (κ3) is 5.80. The monoisotopic (exact) mass is 437 g/mol. The number of nitrogens with one attached hydrogen (secondary N) is 2. The van der Waals surface area contributed by atoms with Crippen molar-refractivity contribution in [2.24, 2.45) is 0 Å². The van der Waals surface area contributed by atoms with E-state index >= 15 is 0 Å². The van der Waals surface area contributed by atoms with Gasteiger partial charge in [-0.1, -0.05) is 22.9 Å². The summed E-state index contributed by atoms with van der Waals surface area (Å²) in [6, 6.07) is 13.0. The van der Waals surface area contributed by atoms with Gasteiger partial charge in [-0.05, 0) is 61.6 Å². The van der Waals surface area contributed by atoms with Crippen molar-refractivity contribution in [3.8, 4) is 5.75 Å². The maximum atomic E-state index is 12.1. The van der Waals surface area contributed by atoms with Gasteiger partial charge >= 0.3 is 0 Å². The first kappa shape index (κ1) is 19.9. The molecule has 0 aliphatic heterocycles. The van der Waals surface area contributed by atoms with E-state index in [9.17, 15) is 4.79 Å². The number of thiazole rings is 1. The summed E-state index contributed by atoms with van der Waals surface area (Å²) >= 11 is 13.9. The van der Waals surface area contributed by atoms with Gasteiger partial charge in [0.25, 0.3) is 0 Å². The zero-order valence-corrected chi connectivity index (χ0v) is 17.5. The number of ether oxygens (including phenoxy) is 1. The van der Waals surface area contributed by atoms with E-state index in [0.29, 0.717) is 16.8 Å². The highest BCUT2D eigenvalue weighted by atomic mass is 35.5. The zero-order chi connectivity index (χ0) is 19.2. The molecule has 0 aliphatic carbocycles. The number of nitrogens with zero attached hydrogens (tertiary/aromatic N) is 1. The predicted octanol–water partition coefficient (Wildman–Crippen LogP) is 4.95. The fraction of sp³-hybridized carbons (Fsp3) is 0.167. The second kappa shape index (κ2) is 9.36. The Morgan fingerprint density at radius 1 is 1.30 bits per heavy atom. The van der Waals surface area contributed by atoms with Gasteiger partial charge in [-0.3, -0.25) is 4.79 Å².